The molecule has 84 valence electrons. The zero-order chi connectivity index (χ0) is 10.6. The second kappa shape index (κ2) is 10.5. The van der Waals surface area contributed by atoms with E-state index in [1.54, 1.807) is 7.11 Å². The lowest BCUT2D eigenvalue weighted by Crippen LogP contribution is -2.34. The van der Waals surface area contributed by atoms with Gasteiger partial charge in [-0.25, -0.2) is 0 Å². The molecule has 0 aliphatic heterocycles. The number of carbonyl (C=O) groups excluding carboxylic acids is 1. The van der Waals surface area contributed by atoms with E-state index in [2.05, 4.69) is 10.6 Å². The molecule has 0 aromatic rings. The Morgan fingerprint density at radius 1 is 1.29 bits per heavy atom. The second-order valence-electron chi connectivity index (χ2n) is 3.18. The first kappa shape index (κ1) is 13.4. The van der Waals surface area contributed by atoms with Crippen LogP contribution in [0.15, 0.2) is 0 Å². The fourth-order valence-electron chi connectivity index (χ4n) is 1.13. The van der Waals surface area contributed by atoms with Gasteiger partial charge in [0.15, 0.2) is 0 Å². The van der Waals surface area contributed by atoms with Crippen LogP contribution in [-0.2, 0) is 9.53 Å². The lowest BCUT2D eigenvalue weighted by Gasteiger charge is -2.04. The standard InChI is InChI=1S/C10H22N2O2/c1-3-12-10(13)9-11-7-5-4-6-8-14-2/h11H,3-9H2,1-2H3,(H,12,13). The monoisotopic (exact) mass is 202 g/mol. The highest BCUT2D eigenvalue weighted by atomic mass is 16.5. The molecule has 0 saturated heterocycles. The van der Waals surface area contributed by atoms with Crippen LogP contribution in [0.4, 0.5) is 0 Å². The average Bonchev–Trinajstić information content (AvgIpc) is 2.17. The first-order chi connectivity index (χ1) is 6.81. The van der Waals surface area contributed by atoms with E-state index in [0.717, 1.165) is 32.4 Å². The Morgan fingerprint density at radius 2 is 2.07 bits per heavy atom. The molecule has 4 heteroatoms. The van der Waals surface area contributed by atoms with E-state index in [-0.39, 0.29) is 5.91 Å². The van der Waals surface area contributed by atoms with Crippen molar-refractivity contribution < 1.29 is 9.53 Å². The number of unbranched alkanes of at least 4 members (excludes halogenated alkanes) is 2. The van der Waals surface area contributed by atoms with Crippen molar-refractivity contribution in [1.82, 2.24) is 10.6 Å². The van der Waals surface area contributed by atoms with Gasteiger partial charge in [0.2, 0.25) is 5.91 Å². The number of ether oxygens (including phenoxy) is 1. The molecule has 0 radical (unpaired) electrons. The molecule has 0 aromatic carbocycles. The maximum absolute atomic E-state index is 11.0. The van der Waals surface area contributed by atoms with Gasteiger partial charge in [-0.1, -0.05) is 0 Å². The maximum Gasteiger partial charge on any atom is 0.233 e. The van der Waals surface area contributed by atoms with Crippen molar-refractivity contribution in [2.45, 2.75) is 26.2 Å². The Kier molecular flexibility index (Phi) is 10.0. The SMILES string of the molecule is CCNC(=O)CNCCCCCOC. The summed E-state index contributed by atoms with van der Waals surface area (Å²) in [5.74, 6) is 0.0735. The summed E-state index contributed by atoms with van der Waals surface area (Å²) in [7, 11) is 1.72. The van der Waals surface area contributed by atoms with Crippen molar-refractivity contribution >= 4 is 5.91 Å². The van der Waals surface area contributed by atoms with Crippen LogP contribution in [0.5, 0.6) is 0 Å². The Hall–Kier alpha value is -0.610. The van der Waals surface area contributed by atoms with Gasteiger partial charge in [0.1, 0.15) is 0 Å². The van der Waals surface area contributed by atoms with Gasteiger partial charge < -0.3 is 15.4 Å². The number of hydrogen-bond acceptors (Lipinski definition) is 3. The molecule has 4 nitrogen and oxygen atoms in total. The number of hydrogen-bond donors (Lipinski definition) is 2. The van der Waals surface area contributed by atoms with Crippen LogP contribution in [0.25, 0.3) is 0 Å². The molecule has 0 bridgehead atoms. The van der Waals surface area contributed by atoms with E-state index in [1.165, 1.54) is 0 Å². The summed E-state index contributed by atoms with van der Waals surface area (Å²) >= 11 is 0. The first-order valence-corrected chi connectivity index (χ1v) is 5.27. The summed E-state index contributed by atoms with van der Waals surface area (Å²) < 4.78 is 4.93. The van der Waals surface area contributed by atoms with Gasteiger partial charge in [0.05, 0.1) is 6.54 Å². The second-order valence-corrected chi connectivity index (χ2v) is 3.18. The van der Waals surface area contributed by atoms with Crippen LogP contribution in [-0.4, -0.2) is 39.3 Å². The highest BCUT2D eigenvalue weighted by Gasteiger charge is 1.96. The third-order valence-electron chi connectivity index (χ3n) is 1.86. The van der Waals surface area contributed by atoms with E-state index in [4.69, 9.17) is 4.74 Å². The smallest absolute Gasteiger partial charge is 0.233 e. The van der Waals surface area contributed by atoms with Crippen LogP contribution >= 0.6 is 0 Å². The van der Waals surface area contributed by atoms with Crippen molar-refractivity contribution in [1.29, 1.82) is 0 Å². The van der Waals surface area contributed by atoms with Crippen LogP contribution in [0, 0.1) is 0 Å². The number of amides is 1. The molecule has 0 unspecified atom stereocenters. The van der Waals surface area contributed by atoms with Crippen LogP contribution in [0.1, 0.15) is 26.2 Å². The predicted octanol–water partition coefficient (Wildman–Crippen LogP) is 0.529. The van der Waals surface area contributed by atoms with Crippen molar-refractivity contribution in [3.63, 3.8) is 0 Å². The van der Waals surface area contributed by atoms with E-state index in [9.17, 15) is 4.79 Å². The molecule has 14 heavy (non-hydrogen) atoms. The summed E-state index contributed by atoms with van der Waals surface area (Å²) in [5.41, 5.74) is 0. The molecule has 0 rings (SSSR count). The highest BCUT2D eigenvalue weighted by molar-refractivity contribution is 5.77. The van der Waals surface area contributed by atoms with Gasteiger partial charge in [-0.2, -0.15) is 0 Å². The van der Waals surface area contributed by atoms with Crippen LogP contribution in [0.2, 0.25) is 0 Å². The van der Waals surface area contributed by atoms with E-state index >= 15 is 0 Å². The minimum atomic E-state index is 0.0735. The molecule has 0 fully saturated rings. The minimum Gasteiger partial charge on any atom is -0.385 e. The molecule has 0 spiro atoms. The summed E-state index contributed by atoms with van der Waals surface area (Å²) in [4.78, 5) is 11.0. The first-order valence-electron chi connectivity index (χ1n) is 5.27. The molecular formula is C10H22N2O2. The molecule has 0 aliphatic rings. The third-order valence-corrected chi connectivity index (χ3v) is 1.86. The molecule has 0 aromatic heterocycles. The Bertz CT molecular complexity index is 140. The lowest BCUT2D eigenvalue weighted by atomic mass is 10.2. The maximum atomic E-state index is 11.0. The minimum absolute atomic E-state index is 0.0735. The molecule has 0 aliphatic carbocycles. The lowest BCUT2D eigenvalue weighted by molar-refractivity contribution is -0.120. The van der Waals surface area contributed by atoms with Gasteiger partial charge in [-0.15, -0.1) is 0 Å². The average molecular weight is 202 g/mol. The molecule has 1 amide bonds. The summed E-state index contributed by atoms with van der Waals surface area (Å²) in [6, 6.07) is 0. The topological polar surface area (TPSA) is 50.4 Å². The quantitative estimate of drug-likeness (QED) is 0.536. The number of likely N-dealkylation sites (N-methyl/N-ethyl adjacent to an activating group) is 1. The summed E-state index contributed by atoms with van der Waals surface area (Å²) in [6.07, 6.45) is 3.35. The summed E-state index contributed by atoms with van der Waals surface area (Å²) in [6.45, 7) is 4.78. The fourth-order valence-corrected chi connectivity index (χ4v) is 1.13. The van der Waals surface area contributed by atoms with Crippen molar-refractivity contribution in [2.24, 2.45) is 0 Å². The van der Waals surface area contributed by atoms with Gasteiger partial charge in [-0.3, -0.25) is 4.79 Å². The van der Waals surface area contributed by atoms with Gasteiger partial charge in [0, 0.05) is 20.3 Å². The van der Waals surface area contributed by atoms with Gasteiger partial charge >= 0.3 is 0 Å². The van der Waals surface area contributed by atoms with Crippen molar-refractivity contribution in [3.05, 3.63) is 0 Å². The van der Waals surface area contributed by atoms with Crippen molar-refractivity contribution in [3.8, 4) is 0 Å². The Balaban J connectivity index is 3.01. The van der Waals surface area contributed by atoms with Gasteiger partial charge in [-0.05, 0) is 32.7 Å². The van der Waals surface area contributed by atoms with Crippen molar-refractivity contribution in [2.75, 3.05) is 33.4 Å². The molecule has 0 saturated carbocycles. The van der Waals surface area contributed by atoms with E-state index < -0.39 is 0 Å². The zero-order valence-corrected chi connectivity index (χ0v) is 9.27. The Labute approximate surface area is 86.4 Å². The number of nitrogens with one attached hydrogen (secondary N) is 2. The van der Waals surface area contributed by atoms with E-state index in [1.807, 2.05) is 6.92 Å². The highest BCUT2D eigenvalue weighted by Crippen LogP contribution is 1.93. The number of rotatable bonds is 9. The van der Waals surface area contributed by atoms with Crippen LogP contribution in [0.3, 0.4) is 0 Å². The normalized spacial score (nSPS) is 10.1. The number of carbonyl (C=O) groups is 1. The molecule has 2 N–H and O–H groups in total. The Morgan fingerprint density at radius 3 is 2.71 bits per heavy atom. The zero-order valence-electron chi connectivity index (χ0n) is 9.27. The molecule has 0 atom stereocenters. The predicted molar refractivity (Wildman–Crippen MR) is 57.3 cm³/mol. The molecular weight excluding hydrogens is 180 g/mol. The van der Waals surface area contributed by atoms with Gasteiger partial charge in [0.25, 0.3) is 0 Å². The third kappa shape index (κ3) is 9.48. The van der Waals surface area contributed by atoms with Crippen LogP contribution < -0.4 is 10.6 Å². The fraction of sp³-hybridized carbons (Fsp3) is 0.900. The molecule has 0 heterocycles. The van der Waals surface area contributed by atoms with E-state index in [0.29, 0.717) is 13.1 Å². The largest absolute Gasteiger partial charge is 0.385 e. The summed E-state index contributed by atoms with van der Waals surface area (Å²) in [5, 5.41) is 5.83. The number of methoxy groups -OCH3 is 1.